The van der Waals surface area contributed by atoms with Crippen LogP contribution in [0.2, 0.25) is 0 Å². The highest BCUT2D eigenvalue weighted by Crippen LogP contribution is 2.39. The fourth-order valence-corrected chi connectivity index (χ4v) is 2.23. The van der Waals surface area contributed by atoms with Crippen molar-refractivity contribution in [3.63, 3.8) is 0 Å². The van der Waals surface area contributed by atoms with Crippen LogP contribution in [0, 0.1) is 12.8 Å². The number of anilines is 1. The number of ether oxygens (including phenoxy) is 1. The van der Waals surface area contributed by atoms with Gasteiger partial charge in [-0.1, -0.05) is 0 Å². The molecule has 1 atom stereocenters. The Balaban J connectivity index is 1.90. The fraction of sp³-hybridized carbons (Fsp3) is 0.538. The second-order valence-electron chi connectivity index (χ2n) is 4.80. The van der Waals surface area contributed by atoms with Gasteiger partial charge in [0.05, 0.1) is 6.61 Å². The Morgan fingerprint density at radius 1 is 1.47 bits per heavy atom. The third-order valence-corrected chi connectivity index (χ3v) is 3.18. The van der Waals surface area contributed by atoms with E-state index in [1.165, 1.54) is 0 Å². The van der Waals surface area contributed by atoms with Crippen molar-refractivity contribution in [2.45, 2.75) is 32.1 Å². The van der Waals surface area contributed by atoms with Crippen LogP contribution in [0.1, 0.15) is 24.8 Å². The zero-order chi connectivity index (χ0) is 12.5. The Hall–Kier alpha value is -1.32. The van der Waals surface area contributed by atoms with Gasteiger partial charge in [-0.25, -0.2) is 8.78 Å². The van der Waals surface area contributed by atoms with Crippen molar-refractivity contribution < 1.29 is 13.5 Å². The first-order valence-electron chi connectivity index (χ1n) is 5.83. The van der Waals surface area contributed by atoms with E-state index < -0.39 is 5.92 Å². The fourth-order valence-electron chi connectivity index (χ4n) is 2.23. The molecule has 0 spiro atoms. The predicted molar refractivity (Wildman–Crippen MR) is 63.4 cm³/mol. The average molecular weight is 241 g/mol. The van der Waals surface area contributed by atoms with E-state index in [-0.39, 0.29) is 18.8 Å². The number of benzene rings is 1. The summed E-state index contributed by atoms with van der Waals surface area (Å²) in [5, 5.41) is 0. The van der Waals surface area contributed by atoms with E-state index in [0.29, 0.717) is 18.7 Å². The molecule has 1 aromatic carbocycles. The minimum absolute atomic E-state index is 0.0122. The smallest absolute Gasteiger partial charge is 0.248 e. The van der Waals surface area contributed by atoms with Crippen LogP contribution in [0.25, 0.3) is 0 Å². The van der Waals surface area contributed by atoms with Gasteiger partial charge in [0.15, 0.2) is 0 Å². The van der Waals surface area contributed by atoms with Crippen molar-refractivity contribution in [1.82, 2.24) is 0 Å². The molecule has 1 fully saturated rings. The first kappa shape index (κ1) is 12.1. The van der Waals surface area contributed by atoms with Gasteiger partial charge in [0.25, 0.3) is 0 Å². The highest BCUT2D eigenvalue weighted by molar-refractivity contribution is 5.47. The number of hydrogen-bond donors (Lipinski definition) is 1. The number of aryl methyl sites for hydroxylation is 1. The van der Waals surface area contributed by atoms with E-state index in [1.54, 1.807) is 12.1 Å². The lowest BCUT2D eigenvalue weighted by molar-refractivity contribution is 0.00291. The molecule has 0 radical (unpaired) electrons. The molecule has 0 aliphatic heterocycles. The predicted octanol–water partition coefficient (Wildman–Crippen LogP) is 3.39. The maximum Gasteiger partial charge on any atom is 0.248 e. The first-order chi connectivity index (χ1) is 7.96. The van der Waals surface area contributed by atoms with Gasteiger partial charge in [-0.3, -0.25) is 0 Å². The van der Waals surface area contributed by atoms with E-state index in [0.717, 1.165) is 11.3 Å². The number of halogens is 2. The molecule has 1 aromatic rings. The van der Waals surface area contributed by atoms with Gasteiger partial charge in [0.1, 0.15) is 5.75 Å². The molecule has 17 heavy (non-hydrogen) atoms. The van der Waals surface area contributed by atoms with Gasteiger partial charge in [-0.05, 0) is 43.0 Å². The Bertz CT molecular complexity index is 406. The van der Waals surface area contributed by atoms with Crippen molar-refractivity contribution >= 4 is 5.69 Å². The first-order valence-corrected chi connectivity index (χ1v) is 5.83. The van der Waals surface area contributed by atoms with Crippen LogP contribution in [0.5, 0.6) is 5.75 Å². The summed E-state index contributed by atoms with van der Waals surface area (Å²) >= 11 is 0. The molecule has 0 amide bonds. The van der Waals surface area contributed by atoms with Crippen LogP contribution in [0.15, 0.2) is 18.2 Å². The Labute approximate surface area is 99.8 Å². The Morgan fingerprint density at radius 3 is 2.82 bits per heavy atom. The van der Waals surface area contributed by atoms with Crippen LogP contribution >= 0.6 is 0 Å². The summed E-state index contributed by atoms with van der Waals surface area (Å²) in [5.74, 6) is -1.80. The second kappa shape index (κ2) is 4.51. The Kier molecular flexibility index (Phi) is 3.22. The lowest BCUT2D eigenvalue weighted by atomic mass is 10.1. The van der Waals surface area contributed by atoms with Crippen molar-refractivity contribution in [3.05, 3.63) is 23.8 Å². The van der Waals surface area contributed by atoms with Crippen LogP contribution in [0.3, 0.4) is 0 Å². The van der Waals surface area contributed by atoms with Gasteiger partial charge >= 0.3 is 0 Å². The standard InChI is InChI=1S/C13H17F2NO/c1-9-6-11(16)2-3-12(9)17-8-10-4-5-13(14,15)7-10/h2-3,6,10H,4-5,7-8,16H2,1H3. The Morgan fingerprint density at radius 2 is 2.24 bits per heavy atom. The van der Waals surface area contributed by atoms with Crippen molar-refractivity contribution in [2.24, 2.45) is 5.92 Å². The summed E-state index contributed by atoms with van der Waals surface area (Å²) < 4.78 is 31.5. The van der Waals surface area contributed by atoms with Gasteiger partial charge in [0, 0.05) is 18.5 Å². The van der Waals surface area contributed by atoms with Crippen molar-refractivity contribution in [2.75, 3.05) is 12.3 Å². The number of hydrogen-bond acceptors (Lipinski definition) is 2. The maximum atomic E-state index is 13.0. The summed E-state index contributed by atoms with van der Waals surface area (Å²) in [4.78, 5) is 0. The molecule has 4 heteroatoms. The zero-order valence-electron chi connectivity index (χ0n) is 9.88. The SMILES string of the molecule is Cc1cc(N)ccc1OCC1CCC(F)(F)C1. The lowest BCUT2D eigenvalue weighted by Gasteiger charge is -2.14. The summed E-state index contributed by atoms with van der Waals surface area (Å²) in [6.07, 6.45) is 0.476. The molecule has 1 aliphatic carbocycles. The molecule has 1 unspecified atom stereocenters. The van der Waals surface area contributed by atoms with E-state index in [9.17, 15) is 8.78 Å². The lowest BCUT2D eigenvalue weighted by Crippen LogP contribution is -2.14. The van der Waals surface area contributed by atoms with Crippen LogP contribution in [-0.2, 0) is 0 Å². The third kappa shape index (κ3) is 3.08. The molecule has 0 aromatic heterocycles. The minimum Gasteiger partial charge on any atom is -0.493 e. The van der Waals surface area contributed by atoms with Gasteiger partial charge in [-0.15, -0.1) is 0 Å². The largest absolute Gasteiger partial charge is 0.493 e. The molecule has 2 nitrogen and oxygen atoms in total. The number of rotatable bonds is 3. The summed E-state index contributed by atoms with van der Waals surface area (Å²) in [6, 6.07) is 5.36. The molecule has 0 heterocycles. The molecule has 2 N–H and O–H groups in total. The molecular formula is C13H17F2NO. The molecule has 2 rings (SSSR count). The van der Waals surface area contributed by atoms with Crippen molar-refractivity contribution in [3.8, 4) is 5.75 Å². The monoisotopic (exact) mass is 241 g/mol. The molecular weight excluding hydrogens is 224 g/mol. The quantitative estimate of drug-likeness (QED) is 0.823. The zero-order valence-corrected chi connectivity index (χ0v) is 9.88. The van der Waals surface area contributed by atoms with Crippen LogP contribution < -0.4 is 10.5 Å². The normalized spacial score (nSPS) is 22.6. The minimum atomic E-state index is -2.50. The van der Waals surface area contributed by atoms with Gasteiger partial charge in [-0.2, -0.15) is 0 Å². The second-order valence-corrected chi connectivity index (χ2v) is 4.80. The molecule has 1 aliphatic rings. The third-order valence-electron chi connectivity index (χ3n) is 3.18. The van der Waals surface area contributed by atoms with E-state index in [2.05, 4.69) is 0 Å². The summed E-state index contributed by atoms with van der Waals surface area (Å²) in [5.41, 5.74) is 7.25. The number of nitrogens with two attached hydrogens (primary N) is 1. The molecule has 0 bridgehead atoms. The average Bonchev–Trinajstić information content (AvgIpc) is 2.57. The van der Waals surface area contributed by atoms with Crippen LogP contribution in [-0.4, -0.2) is 12.5 Å². The topological polar surface area (TPSA) is 35.2 Å². The number of alkyl halides is 2. The highest BCUT2D eigenvalue weighted by Gasteiger charge is 2.39. The van der Waals surface area contributed by atoms with Gasteiger partial charge in [0.2, 0.25) is 5.92 Å². The number of nitrogen functional groups attached to an aromatic ring is 1. The van der Waals surface area contributed by atoms with Gasteiger partial charge < -0.3 is 10.5 Å². The van der Waals surface area contributed by atoms with Crippen molar-refractivity contribution in [1.29, 1.82) is 0 Å². The molecule has 94 valence electrons. The van der Waals surface area contributed by atoms with E-state index in [4.69, 9.17) is 10.5 Å². The molecule has 1 saturated carbocycles. The highest BCUT2D eigenvalue weighted by atomic mass is 19.3. The van der Waals surface area contributed by atoms with E-state index >= 15 is 0 Å². The van der Waals surface area contributed by atoms with E-state index in [1.807, 2.05) is 13.0 Å². The van der Waals surface area contributed by atoms with Crippen LogP contribution in [0.4, 0.5) is 14.5 Å². The summed E-state index contributed by atoms with van der Waals surface area (Å²) in [7, 11) is 0. The molecule has 0 saturated heterocycles. The summed E-state index contributed by atoms with van der Waals surface area (Å²) in [6.45, 7) is 2.26. The maximum absolute atomic E-state index is 13.0.